The highest BCUT2D eigenvalue weighted by atomic mass is 16.5. The molecule has 1 unspecified atom stereocenters. The van der Waals surface area contributed by atoms with Gasteiger partial charge in [0.25, 0.3) is 0 Å². The number of esters is 1. The fraction of sp³-hybridized carbons (Fsp3) is 0.600. The fourth-order valence-electron chi connectivity index (χ4n) is 0.916. The number of ether oxygens (including phenoxy) is 1. The number of carbonyl (C=O) groups is 1. The molecule has 15 heavy (non-hydrogen) atoms. The van der Waals surface area contributed by atoms with Gasteiger partial charge in [-0.3, -0.25) is 9.79 Å². The average Bonchev–Trinajstić information content (AvgIpc) is 2.15. The quantitative estimate of drug-likeness (QED) is 0.295. The van der Waals surface area contributed by atoms with Crippen molar-refractivity contribution in [1.29, 1.82) is 0 Å². The summed E-state index contributed by atoms with van der Waals surface area (Å²) < 4.78 is 4.56. The van der Waals surface area contributed by atoms with Crippen molar-refractivity contribution in [2.45, 2.75) is 25.8 Å². The minimum absolute atomic E-state index is 0.415. The second-order valence-electron chi connectivity index (χ2n) is 3.57. The zero-order chi connectivity index (χ0) is 11.9. The van der Waals surface area contributed by atoms with E-state index in [1.807, 2.05) is 6.08 Å². The van der Waals surface area contributed by atoms with Gasteiger partial charge in [-0.1, -0.05) is 12.2 Å². The Bertz CT molecular complexity index is 266. The molecule has 0 rings (SSSR count). The molecule has 0 saturated carbocycles. The Labute approximate surface area is 90.2 Å². The van der Waals surface area contributed by atoms with E-state index in [0.29, 0.717) is 18.8 Å². The molecule has 0 saturated heterocycles. The molecule has 0 fully saturated rings. The Morgan fingerprint density at radius 1 is 1.53 bits per heavy atom. The van der Waals surface area contributed by atoms with Gasteiger partial charge in [-0.15, -0.1) is 0 Å². The zero-order valence-electron chi connectivity index (χ0n) is 9.49. The monoisotopic (exact) mass is 213 g/mol. The lowest BCUT2D eigenvalue weighted by molar-refractivity contribution is -0.146. The minimum atomic E-state index is -0.979. The van der Waals surface area contributed by atoms with Gasteiger partial charge in [0.15, 0.2) is 0 Å². The number of aliphatic imine (C=N–C) groups is 1. The predicted octanol–water partition coefficient (Wildman–Crippen LogP) is 0.200. The van der Waals surface area contributed by atoms with Gasteiger partial charge in [-0.25, -0.2) is 0 Å². The Morgan fingerprint density at radius 2 is 2.13 bits per heavy atom. The van der Waals surface area contributed by atoms with E-state index in [1.54, 1.807) is 19.9 Å². The normalized spacial score (nSPS) is 16.4. The molecule has 0 spiro atoms. The molecule has 0 aromatic heterocycles. The summed E-state index contributed by atoms with van der Waals surface area (Å²) in [4.78, 5) is 15.1. The van der Waals surface area contributed by atoms with Crippen LogP contribution in [0.1, 0.15) is 20.3 Å². The average molecular weight is 213 g/mol. The number of rotatable bonds is 5. The molecule has 0 radical (unpaired) electrons. The number of carbonyl (C=O) groups excluding carboxylic acids is 1. The van der Waals surface area contributed by atoms with E-state index in [-0.39, 0.29) is 0 Å². The van der Waals surface area contributed by atoms with Crippen LogP contribution in [-0.2, 0) is 9.53 Å². The summed E-state index contributed by atoms with van der Waals surface area (Å²) in [5.74, 6) is 0.105. The third-order valence-corrected chi connectivity index (χ3v) is 1.81. The van der Waals surface area contributed by atoms with Crippen molar-refractivity contribution in [2.24, 2.45) is 16.5 Å². The first-order chi connectivity index (χ1) is 6.90. The van der Waals surface area contributed by atoms with Gasteiger partial charge < -0.3 is 16.2 Å². The fourth-order valence-corrected chi connectivity index (χ4v) is 0.916. The van der Waals surface area contributed by atoms with Crippen molar-refractivity contribution in [3.63, 3.8) is 0 Å². The number of hydrogen-bond acceptors (Lipinski definition) is 4. The minimum Gasteiger partial charge on any atom is -0.468 e. The van der Waals surface area contributed by atoms with E-state index in [0.717, 1.165) is 0 Å². The van der Waals surface area contributed by atoms with Crippen LogP contribution in [0.5, 0.6) is 0 Å². The number of hydrogen-bond donors (Lipinski definition) is 2. The number of nitrogens with zero attached hydrogens (tertiary/aromatic N) is 1. The van der Waals surface area contributed by atoms with Gasteiger partial charge in [0, 0.05) is 0 Å². The predicted molar refractivity (Wildman–Crippen MR) is 60.5 cm³/mol. The molecule has 0 aliphatic carbocycles. The first-order valence-electron chi connectivity index (χ1n) is 4.69. The lowest BCUT2D eigenvalue weighted by atomic mass is 9.99. The van der Waals surface area contributed by atoms with Gasteiger partial charge in [-0.2, -0.15) is 0 Å². The maximum absolute atomic E-state index is 11.2. The van der Waals surface area contributed by atoms with E-state index in [4.69, 9.17) is 11.5 Å². The maximum atomic E-state index is 11.2. The van der Waals surface area contributed by atoms with E-state index < -0.39 is 11.5 Å². The highest BCUT2D eigenvalue weighted by Gasteiger charge is 2.27. The molecule has 0 heterocycles. The second kappa shape index (κ2) is 6.19. The molecule has 0 aromatic rings. The maximum Gasteiger partial charge on any atom is 0.325 e. The number of methoxy groups -OCH3 is 1. The molecule has 5 heteroatoms. The summed E-state index contributed by atoms with van der Waals surface area (Å²) in [5.41, 5.74) is 10.1. The molecule has 0 bridgehead atoms. The van der Waals surface area contributed by atoms with Crippen LogP contribution >= 0.6 is 0 Å². The summed E-state index contributed by atoms with van der Waals surface area (Å²) in [6.45, 7) is 3.84. The summed E-state index contributed by atoms with van der Waals surface area (Å²) in [6, 6.07) is 0. The molecule has 5 nitrogen and oxygen atoms in total. The summed E-state index contributed by atoms with van der Waals surface area (Å²) >= 11 is 0. The Balaban J connectivity index is 4.04. The molecule has 0 amide bonds. The van der Waals surface area contributed by atoms with Crippen LogP contribution in [0, 0.1) is 0 Å². The van der Waals surface area contributed by atoms with Crippen molar-refractivity contribution in [3.8, 4) is 0 Å². The highest BCUT2D eigenvalue weighted by molar-refractivity contribution is 5.80. The zero-order valence-corrected chi connectivity index (χ0v) is 9.49. The van der Waals surface area contributed by atoms with Crippen LogP contribution in [0.2, 0.25) is 0 Å². The third-order valence-electron chi connectivity index (χ3n) is 1.81. The lowest BCUT2D eigenvalue weighted by Gasteiger charge is -2.18. The van der Waals surface area contributed by atoms with Gasteiger partial charge >= 0.3 is 5.97 Å². The topological polar surface area (TPSA) is 90.7 Å². The van der Waals surface area contributed by atoms with Gasteiger partial charge in [0.05, 0.1) is 19.5 Å². The SMILES string of the molecule is COC(=O)C(C)(N)C/C=C/CN=C(C)N. The summed E-state index contributed by atoms with van der Waals surface area (Å²) in [6.07, 6.45) is 4.02. The van der Waals surface area contributed by atoms with Crippen LogP contribution in [0.15, 0.2) is 17.1 Å². The first kappa shape index (κ1) is 13.6. The van der Waals surface area contributed by atoms with Crippen LogP contribution in [0.25, 0.3) is 0 Å². The van der Waals surface area contributed by atoms with E-state index in [9.17, 15) is 4.79 Å². The van der Waals surface area contributed by atoms with Gasteiger partial charge in [0.2, 0.25) is 0 Å². The molecule has 1 atom stereocenters. The van der Waals surface area contributed by atoms with Gasteiger partial charge in [-0.05, 0) is 20.3 Å². The second-order valence-corrected chi connectivity index (χ2v) is 3.57. The van der Waals surface area contributed by atoms with Crippen LogP contribution in [-0.4, -0.2) is 31.0 Å². The molecule has 0 aliphatic rings. The molecule has 86 valence electrons. The van der Waals surface area contributed by atoms with Crippen LogP contribution in [0.4, 0.5) is 0 Å². The summed E-state index contributed by atoms with van der Waals surface area (Å²) in [7, 11) is 1.32. The van der Waals surface area contributed by atoms with E-state index in [1.165, 1.54) is 7.11 Å². The number of nitrogens with two attached hydrogens (primary N) is 2. The summed E-state index contributed by atoms with van der Waals surface area (Å²) in [5, 5.41) is 0. The van der Waals surface area contributed by atoms with Crippen molar-refractivity contribution < 1.29 is 9.53 Å². The molecule has 0 aromatic carbocycles. The van der Waals surface area contributed by atoms with Crippen LogP contribution < -0.4 is 11.5 Å². The van der Waals surface area contributed by atoms with Crippen LogP contribution in [0.3, 0.4) is 0 Å². The van der Waals surface area contributed by atoms with Crippen molar-refractivity contribution in [1.82, 2.24) is 0 Å². The smallest absolute Gasteiger partial charge is 0.325 e. The lowest BCUT2D eigenvalue weighted by Crippen LogP contribution is -2.45. The molecule has 4 N–H and O–H groups in total. The van der Waals surface area contributed by atoms with Crippen molar-refractivity contribution >= 4 is 11.8 Å². The Kier molecular flexibility index (Phi) is 5.62. The first-order valence-corrected chi connectivity index (χ1v) is 4.69. The van der Waals surface area contributed by atoms with Crippen molar-refractivity contribution in [2.75, 3.05) is 13.7 Å². The van der Waals surface area contributed by atoms with Crippen molar-refractivity contribution in [3.05, 3.63) is 12.2 Å². The van der Waals surface area contributed by atoms with E-state index in [2.05, 4.69) is 9.73 Å². The van der Waals surface area contributed by atoms with Gasteiger partial charge in [0.1, 0.15) is 5.54 Å². The molecular weight excluding hydrogens is 194 g/mol. The standard InChI is InChI=1S/C10H19N3O2/c1-8(11)13-7-5-4-6-10(2,12)9(14)15-3/h4-5H,6-7,12H2,1-3H3,(H2,11,13)/b5-4+. The Morgan fingerprint density at radius 3 is 2.60 bits per heavy atom. The Hall–Kier alpha value is -1.36. The molecule has 0 aliphatic heterocycles. The highest BCUT2D eigenvalue weighted by Crippen LogP contribution is 2.08. The van der Waals surface area contributed by atoms with E-state index >= 15 is 0 Å². The molecular formula is C10H19N3O2. The largest absolute Gasteiger partial charge is 0.468 e. The third kappa shape index (κ3) is 5.85. The number of amidine groups is 1.